The second-order valence-corrected chi connectivity index (χ2v) is 4.26. The molecule has 0 aliphatic rings. The first-order valence-corrected chi connectivity index (χ1v) is 5.46. The molecule has 14 heavy (non-hydrogen) atoms. The monoisotopic (exact) mass is 214 g/mol. The van der Waals surface area contributed by atoms with Gasteiger partial charge in [-0.3, -0.25) is 0 Å². The molecule has 0 bridgehead atoms. The van der Waals surface area contributed by atoms with Crippen molar-refractivity contribution in [3.63, 3.8) is 0 Å². The van der Waals surface area contributed by atoms with Gasteiger partial charge in [0.05, 0.1) is 0 Å². The predicted molar refractivity (Wildman–Crippen MR) is 59.2 cm³/mol. The fraction of sp³-hybridized carbons (Fsp3) is 0.500. The van der Waals surface area contributed by atoms with Crippen molar-refractivity contribution >= 4 is 11.6 Å². The van der Waals surface area contributed by atoms with Crippen LogP contribution in [0.1, 0.15) is 25.8 Å². The van der Waals surface area contributed by atoms with Gasteiger partial charge < -0.3 is 0 Å². The molecule has 1 rings (SSSR count). The van der Waals surface area contributed by atoms with Gasteiger partial charge in [-0.15, -0.1) is 11.6 Å². The van der Waals surface area contributed by atoms with Gasteiger partial charge in [0.25, 0.3) is 0 Å². The molecule has 2 heteroatoms. The van der Waals surface area contributed by atoms with Gasteiger partial charge in [0, 0.05) is 5.38 Å². The van der Waals surface area contributed by atoms with E-state index in [1.54, 1.807) is 12.1 Å². The summed E-state index contributed by atoms with van der Waals surface area (Å²) >= 11 is 6.17. The molecular weight excluding hydrogens is 199 g/mol. The van der Waals surface area contributed by atoms with E-state index in [4.69, 9.17) is 11.6 Å². The Bertz CT molecular complexity index is 285. The molecule has 0 fully saturated rings. The van der Waals surface area contributed by atoms with Crippen LogP contribution in [0.3, 0.4) is 0 Å². The molecule has 0 aromatic heterocycles. The lowest BCUT2D eigenvalue weighted by molar-refractivity contribution is 0.514. The number of hydrogen-bond acceptors (Lipinski definition) is 0. The average molecular weight is 215 g/mol. The van der Waals surface area contributed by atoms with E-state index < -0.39 is 0 Å². The highest BCUT2D eigenvalue weighted by molar-refractivity contribution is 6.20. The van der Waals surface area contributed by atoms with Crippen LogP contribution in [-0.4, -0.2) is 5.38 Å². The molecule has 2 atom stereocenters. The molecule has 0 nitrogen and oxygen atoms in total. The maximum Gasteiger partial charge on any atom is 0.126 e. The molecule has 0 radical (unpaired) electrons. The second-order valence-electron chi connectivity index (χ2n) is 3.70. The normalized spacial score (nSPS) is 15.1. The molecule has 0 saturated heterocycles. The summed E-state index contributed by atoms with van der Waals surface area (Å²) in [7, 11) is 0. The zero-order valence-electron chi connectivity index (χ0n) is 8.63. The highest BCUT2D eigenvalue weighted by Crippen LogP contribution is 2.20. The molecule has 1 aromatic carbocycles. The molecule has 0 saturated carbocycles. The Morgan fingerprint density at radius 3 is 2.57 bits per heavy atom. The van der Waals surface area contributed by atoms with Gasteiger partial charge in [-0.25, -0.2) is 4.39 Å². The van der Waals surface area contributed by atoms with Gasteiger partial charge in [-0.2, -0.15) is 0 Å². The minimum atomic E-state index is -0.151. The van der Waals surface area contributed by atoms with Crippen molar-refractivity contribution in [2.45, 2.75) is 32.1 Å². The molecule has 0 aliphatic carbocycles. The molecule has 1 aromatic rings. The molecule has 0 heterocycles. The molecule has 0 amide bonds. The van der Waals surface area contributed by atoms with E-state index in [-0.39, 0.29) is 11.2 Å². The fourth-order valence-electron chi connectivity index (χ4n) is 1.33. The standard InChI is InChI=1S/C12H16ClF/c1-3-9(2)11(13)8-10-6-4-5-7-12(10)14/h4-7,9,11H,3,8H2,1-2H3. The van der Waals surface area contributed by atoms with Crippen molar-refractivity contribution in [3.05, 3.63) is 35.6 Å². The lowest BCUT2D eigenvalue weighted by Crippen LogP contribution is -2.14. The zero-order chi connectivity index (χ0) is 10.6. The van der Waals surface area contributed by atoms with E-state index in [0.717, 1.165) is 6.42 Å². The number of rotatable bonds is 4. The van der Waals surface area contributed by atoms with Crippen molar-refractivity contribution in [2.24, 2.45) is 5.92 Å². The maximum absolute atomic E-state index is 13.3. The highest BCUT2D eigenvalue weighted by atomic mass is 35.5. The fourth-order valence-corrected chi connectivity index (χ4v) is 1.68. The van der Waals surface area contributed by atoms with Crippen LogP contribution in [0.25, 0.3) is 0 Å². The van der Waals surface area contributed by atoms with Crippen LogP contribution in [0.15, 0.2) is 24.3 Å². The van der Waals surface area contributed by atoms with E-state index in [0.29, 0.717) is 17.9 Å². The first-order valence-electron chi connectivity index (χ1n) is 5.02. The van der Waals surface area contributed by atoms with Gasteiger partial charge in [0.15, 0.2) is 0 Å². The third kappa shape index (κ3) is 2.98. The summed E-state index contributed by atoms with van der Waals surface area (Å²) in [6.07, 6.45) is 1.64. The number of benzene rings is 1. The van der Waals surface area contributed by atoms with E-state index in [1.807, 2.05) is 6.07 Å². The Morgan fingerprint density at radius 1 is 1.36 bits per heavy atom. The summed E-state index contributed by atoms with van der Waals surface area (Å²) in [5.74, 6) is 0.276. The number of halogens is 2. The average Bonchev–Trinajstić information content (AvgIpc) is 2.20. The summed E-state index contributed by atoms with van der Waals surface area (Å²) in [5, 5.41) is 0.0249. The van der Waals surface area contributed by atoms with E-state index in [2.05, 4.69) is 13.8 Å². The quantitative estimate of drug-likeness (QED) is 0.665. The summed E-state index contributed by atoms with van der Waals surface area (Å²) in [4.78, 5) is 0. The molecule has 78 valence electrons. The predicted octanol–water partition coefficient (Wildman–Crippen LogP) is 4.02. The van der Waals surface area contributed by atoms with Gasteiger partial charge in [0.1, 0.15) is 5.82 Å². The minimum absolute atomic E-state index is 0.0249. The Hall–Kier alpha value is -0.560. The SMILES string of the molecule is CCC(C)C(Cl)Cc1ccccc1F. The van der Waals surface area contributed by atoms with Gasteiger partial charge >= 0.3 is 0 Å². The van der Waals surface area contributed by atoms with Gasteiger partial charge in [0.2, 0.25) is 0 Å². The summed E-state index contributed by atoms with van der Waals surface area (Å²) in [5.41, 5.74) is 0.716. The number of alkyl halides is 1. The smallest absolute Gasteiger partial charge is 0.126 e. The Morgan fingerprint density at radius 2 is 2.00 bits per heavy atom. The molecule has 0 N–H and O–H groups in total. The van der Waals surface area contributed by atoms with Crippen molar-refractivity contribution in [1.29, 1.82) is 0 Å². The van der Waals surface area contributed by atoms with Crippen molar-refractivity contribution < 1.29 is 4.39 Å². The zero-order valence-corrected chi connectivity index (χ0v) is 9.39. The number of hydrogen-bond donors (Lipinski definition) is 0. The van der Waals surface area contributed by atoms with Crippen LogP contribution >= 0.6 is 11.6 Å². The summed E-state index contributed by atoms with van der Waals surface area (Å²) < 4.78 is 13.3. The Kier molecular flexibility index (Phi) is 4.40. The van der Waals surface area contributed by atoms with E-state index in [1.165, 1.54) is 6.07 Å². The second kappa shape index (κ2) is 5.35. The van der Waals surface area contributed by atoms with Crippen LogP contribution < -0.4 is 0 Å². The lowest BCUT2D eigenvalue weighted by Gasteiger charge is -2.16. The van der Waals surface area contributed by atoms with Crippen LogP contribution in [0.2, 0.25) is 0 Å². The van der Waals surface area contributed by atoms with Crippen LogP contribution in [0, 0.1) is 11.7 Å². The van der Waals surface area contributed by atoms with Crippen LogP contribution in [0.4, 0.5) is 4.39 Å². The van der Waals surface area contributed by atoms with Gasteiger partial charge in [-0.05, 0) is 24.0 Å². The van der Waals surface area contributed by atoms with Crippen molar-refractivity contribution in [3.8, 4) is 0 Å². The first-order chi connectivity index (χ1) is 6.65. The Balaban J connectivity index is 2.64. The molecule has 0 spiro atoms. The first kappa shape index (κ1) is 11.5. The largest absolute Gasteiger partial charge is 0.207 e. The molecule has 0 aliphatic heterocycles. The topological polar surface area (TPSA) is 0 Å². The van der Waals surface area contributed by atoms with E-state index in [9.17, 15) is 4.39 Å². The molecule has 2 unspecified atom stereocenters. The third-order valence-electron chi connectivity index (χ3n) is 2.63. The summed E-state index contributed by atoms with van der Waals surface area (Å²) in [6, 6.07) is 6.83. The third-order valence-corrected chi connectivity index (χ3v) is 3.22. The molecular formula is C12H16ClF. The van der Waals surface area contributed by atoms with Crippen molar-refractivity contribution in [2.75, 3.05) is 0 Å². The van der Waals surface area contributed by atoms with E-state index >= 15 is 0 Å². The van der Waals surface area contributed by atoms with Crippen LogP contribution in [0.5, 0.6) is 0 Å². The van der Waals surface area contributed by atoms with Gasteiger partial charge in [-0.1, -0.05) is 38.5 Å². The maximum atomic E-state index is 13.3. The minimum Gasteiger partial charge on any atom is -0.207 e. The summed E-state index contributed by atoms with van der Waals surface area (Å²) in [6.45, 7) is 4.19. The lowest BCUT2D eigenvalue weighted by atomic mass is 9.98. The highest BCUT2D eigenvalue weighted by Gasteiger charge is 2.14. The van der Waals surface area contributed by atoms with Crippen LogP contribution in [-0.2, 0) is 6.42 Å². The Labute approximate surface area is 90.1 Å². The van der Waals surface area contributed by atoms with Crippen molar-refractivity contribution in [1.82, 2.24) is 0 Å².